The molecule has 1 aromatic heterocycles. The Balaban J connectivity index is 2.01. The number of nitrogens with one attached hydrogen (secondary N) is 1. The molecule has 0 bridgehead atoms. The monoisotopic (exact) mass is 325 g/mol. The van der Waals surface area contributed by atoms with Crippen molar-refractivity contribution in [1.29, 1.82) is 0 Å². The third-order valence-electron chi connectivity index (χ3n) is 3.31. The highest BCUT2D eigenvalue weighted by molar-refractivity contribution is 5.68. The molecule has 1 saturated heterocycles. The molecule has 0 aliphatic carbocycles. The molecule has 8 nitrogen and oxygen atoms in total. The number of ether oxygens (including phenoxy) is 2. The number of aromatic nitrogens is 1. The van der Waals surface area contributed by atoms with Gasteiger partial charge in [-0.15, -0.1) is 0 Å². The van der Waals surface area contributed by atoms with E-state index in [2.05, 4.69) is 4.98 Å². The van der Waals surface area contributed by atoms with Gasteiger partial charge in [-0.2, -0.15) is 5.23 Å². The largest absolute Gasteiger partial charge is 0.595 e. The van der Waals surface area contributed by atoms with E-state index in [1.54, 1.807) is 11.0 Å². The predicted octanol–water partition coefficient (Wildman–Crippen LogP) is 1.26. The van der Waals surface area contributed by atoms with Gasteiger partial charge in [-0.1, -0.05) is 0 Å². The van der Waals surface area contributed by atoms with Gasteiger partial charge in [0.15, 0.2) is 0 Å². The zero-order valence-corrected chi connectivity index (χ0v) is 13.6. The molecular weight excluding hydrogens is 302 g/mol. The summed E-state index contributed by atoms with van der Waals surface area (Å²) in [5.74, 6) is 0.0797. The van der Waals surface area contributed by atoms with Crippen molar-refractivity contribution in [2.75, 3.05) is 13.1 Å². The van der Waals surface area contributed by atoms with Crippen molar-refractivity contribution < 1.29 is 24.7 Å². The number of carbonyl (C=O) groups excluding carboxylic acids is 1. The van der Waals surface area contributed by atoms with E-state index in [4.69, 9.17) is 14.7 Å². The number of rotatable bonds is 3. The molecule has 2 rings (SSSR count). The van der Waals surface area contributed by atoms with Crippen molar-refractivity contribution in [3.8, 4) is 5.88 Å². The van der Waals surface area contributed by atoms with Gasteiger partial charge in [-0.05, 0) is 39.7 Å². The highest BCUT2D eigenvalue weighted by Crippen LogP contribution is 2.22. The lowest BCUT2D eigenvalue weighted by molar-refractivity contribution is -0.991. The Kier molecular flexibility index (Phi) is 5.40. The molecule has 1 amide bonds. The highest BCUT2D eigenvalue weighted by Gasteiger charge is 2.29. The van der Waals surface area contributed by atoms with Crippen molar-refractivity contribution in [3.63, 3.8) is 0 Å². The number of hydrogen-bond acceptors (Lipinski definition) is 6. The quantitative estimate of drug-likeness (QED) is 0.812. The van der Waals surface area contributed by atoms with Crippen LogP contribution in [0, 0.1) is 5.21 Å². The molecule has 0 radical (unpaired) electrons. The predicted molar refractivity (Wildman–Crippen MR) is 81.5 cm³/mol. The maximum Gasteiger partial charge on any atom is 0.410 e. The van der Waals surface area contributed by atoms with E-state index in [9.17, 15) is 10.0 Å². The van der Waals surface area contributed by atoms with Crippen LogP contribution in [0.25, 0.3) is 0 Å². The van der Waals surface area contributed by atoms with E-state index in [0.717, 1.165) is 12.8 Å². The summed E-state index contributed by atoms with van der Waals surface area (Å²) in [4.78, 5) is 17.7. The zero-order valence-electron chi connectivity index (χ0n) is 13.6. The van der Waals surface area contributed by atoms with Crippen molar-refractivity contribution in [3.05, 3.63) is 23.5 Å². The molecule has 1 fully saturated rings. The summed E-state index contributed by atoms with van der Waals surface area (Å²) in [7, 11) is 0. The van der Waals surface area contributed by atoms with E-state index in [1.165, 1.54) is 12.3 Å². The second-order valence-electron chi connectivity index (χ2n) is 6.47. The van der Waals surface area contributed by atoms with E-state index >= 15 is 0 Å². The molecule has 1 aliphatic rings. The summed E-state index contributed by atoms with van der Waals surface area (Å²) in [5.41, 5.74) is -0.538. The Morgan fingerprint density at radius 1 is 1.52 bits per heavy atom. The lowest BCUT2D eigenvalue weighted by atomic mass is 10.1. The fourth-order valence-electron chi connectivity index (χ4n) is 2.33. The molecule has 2 N–H and O–H groups in total. The van der Waals surface area contributed by atoms with E-state index in [0.29, 0.717) is 13.1 Å². The van der Waals surface area contributed by atoms with E-state index in [-0.39, 0.29) is 23.8 Å². The van der Waals surface area contributed by atoms with Crippen LogP contribution in [0.15, 0.2) is 18.3 Å². The van der Waals surface area contributed by atoms with Gasteiger partial charge in [0.05, 0.1) is 6.54 Å². The molecule has 8 heteroatoms. The topological polar surface area (TPSA) is 99.4 Å². The van der Waals surface area contributed by atoms with Gasteiger partial charge in [-0.25, -0.2) is 15.0 Å². The van der Waals surface area contributed by atoms with Crippen LogP contribution in [0.5, 0.6) is 5.88 Å². The molecule has 2 heterocycles. The van der Waals surface area contributed by atoms with Crippen LogP contribution in [-0.2, 0) is 4.74 Å². The first-order valence-electron chi connectivity index (χ1n) is 7.59. The van der Waals surface area contributed by atoms with Crippen molar-refractivity contribution >= 4 is 11.8 Å². The lowest BCUT2D eigenvalue weighted by Crippen LogP contribution is -2.99. The maximum atomic E-state index is 12.1. The molecule has 2 atom stereocenters. The minimum absolute atomic E-state index is 0.0156. The fourth-order valence-corrected chi connectivity index (χ4v) is 2.33. The molecular formula is C15H23N3O5. The minimum atomic E-state index is -1.09. The third-order valence-corrected chi connectivity index (χ3v) is 3.31. The first-order chi connectivity index (χ1) is 10.8. The number of quaternary nitrogens is 1. The number of nitrogens with zero attached hydrogens (tertiary/aromatic N) is 2. The number of hydrogen-bond donors (Lipinski definition) is 2. The van der Waals surface area contributed by atoms with Crippen LogP contribution in [0.4, 0.5) is 10.5 Å². The first kappa shape index (κ1) is 17.5. The van der Waals surface area contributed by atoms with Crippen LogP contribution in [0.2, 0.25) is 0 Å². The number of piperidine rings is 1. The molecule has 23 heavy (non-hydrogen) atoms. The SMILES string of the molecule is CC(C)(C)OC(=O)N1CCC[C@H](Oc2ncccc2[NH+]([O-])O)C1. The molecule has 0 saturated carbocycles. The summed E-state index contributed by atoms with van der Waals surface area (Å²) in [5, 5.41) is 19.3. The van der Waals surface area contributed by atoms with Crippen LogP contribution in [-0.4, -0.2) is 46.0 Å². The summed E-state index contributed by atoms with van der Waals surface area (Å²) in [6.45, 7) is 6.40. The van der Waals surface area contributed by atoms with Gasteiger partial charge < -0.3 is 19.6 Å². The number of pyridine rings is 1. The Hall–Kier alpha value is -1.90. The second kappa shape index (κ2) is 7.12. The summed E-state index contributed by atoms with van der Waals surface area (Å²) >= 11 is 0. The fraction of sp³-hybridized carbons (Fsp3) is 0.600. The Morgan fingerprint density at radius 2 is 2.26 bits per heavy atom. The highest BCUT2D eigenvalue weighted by atomic mass is 16.8. The zero-order chi connectivity index (χ0) is 17.0. The molecule has 1 aromatic rings. The average molecular weight is 325 g/mol. The van der Waals surface area contributed by atoms with Gasteiger partial charge >= 0.3 is 6.09 Å². The first-order valence-corrected chi connectivity index (χ1v) is 7.59. The van der Waals surface area contributed by atoms with E-state index in [1.807, 2.05) is 20.8 Å². The summed E-state index contributed by atoms with van der Waals surface area (Å²) in [6.07, 6.45) is 2.29. The molecule has 1 unspecified atom stereocenters. The number of carbonyl (C=O) groups is 1. The number of amides is 1. The van der Waals surface area contributed by atoms with Crippen molar-refractivity contribution in [1.82, 2.24) is 9.88 Å². The van der Waals surface area contributed by atoms with Crippen molar-refractivity contribution in [2.45, 2.75) is 45.3 Å². The van der Waals surface area contributed by atoms with Crippen LogP contribution in [0.1, 0.15) is 33.6 Å². The normalized spacial score (nSPS) is 20.0. The number of likely N-dealkylation sites (tertiary alicyclic amines) is 1. The Labute approximate surface area is 135 Å². The lowest BCUT2D eigenvalue weighted by Gasteiger charge is -2.34. The Morgan fingerprint density at radius 3 is 2.91 bits per heavy atom. The summed E-state index contributed by atoms with van der Waals surface area (Å²) < 4.78 is 11.1. The van der Waals surface area contributed by atoms with Gasteiger partial charge in [0.2, 0.25) is 5.69 Å². The van der Waals surface area contributed by atoms with Gasteiger partial charge in [0, 0.05) is 18.8 Å². The van der Waals surface area contributed by atoms with Gasteiger partial charge in [-0.3, -0.25) is 0 Å². The third kappa shape index (κ3) is 5.05. The molecule has 1 aliphatic heterocycles. The molecule has 0 aromatic carbocycles. The van der Waals surface area contributed by atoms with E-state index < -0.39 is 10.8 Å². The minimum Gasteiger partial charge on any atom is -0.595 e. The smallest absolute Gasteiger partial charge is 0.410 e. The second-order valence-corrected chi connectivity index (χ2v) is 6.47. The molecule has 128 valence electrons. The van der Waals surface area contributed by atoms with Gasteiger partial charge in [0.1, 0.15) is 11.7 Å². The molecule has 0 spiro atoms. The average Bonchev–Trinajstić information content (AvgIpc) is 2.46. The standard InChI is InChI=1S/C15H23N3O5/c1-15(2,3)23-14(19)17-9-5-6-11(10-17)22-13-12(18(20)21)7-4-8-16-13/h4,7-8,11,18,20H,5-6,9-10H2,1-3H3/t11-/m0/s1. The maximum absolute atomic E-state index is 12.1. The van der Waals surface area contributed by atoms with Gasteiger partial charge in [0.25, 0.3) is 5.88 Å². The van der Waals surface area contributed by atoms with Crippen LogP contribution >= 0.6 is 0 Å². The summed E-state index contributed by atoms with van der Waals surface area (Å²) in [6, 6.07) is 2.99. The van der Waals surface area contributed by atoms with Crippen molar-refractivity contribution in [2.24, 2.45) is 0 Å². The van der Waals surface area contributed by atoms with Crippen LogP contribution in [0.3, 0.4) is 0 Å². The Bertz CT molecular complexity index is 544. The van der Waals surface area contributed by atoms with Crippen LogP contribution < -0.4 is 9.96 Å².